The number of pyridine rings is 1. The summed E-state index contributed by atoms with van der Waals surface area (Å²) in [7, 11) is 1.73. The second-order valence-electron chi connectivity index (χ2n) is 3.91. The SMILES string of the molecule is CNc1ncc(C2CCC2)cc1C(N)=O. The fraction of sp³-hybridized carbons (Fsp3) is 0.455. The molecule has 0 unspecified atom stereocenters. The number of carbonyl (C=O) groups is 1. The molecule has 0 radical (unpaired) electrons. The Hall–Kier alpha value is -1.58. The summed E-state index contributed by atoms with van der Waals surface area (Å²) in [6.45, 7) is 0. The summed E-state index contributed by atoms with van der Waals surface area (Å²) in [5.41, 5.74) is 6.92. The van der Waals surface area contributed by atoms with Gasteiger partial charge in [-0.3, -0.25) is 4.79 Å². The third kappa shape index (κ3) is 1.79. The van der Waals surface area contributed by atoms with Crippen LogP contribution in [0.4, 0.5) is 5.82 Å². The minimum atomic E-state index is -0.423. The number of aromatic nitrogens is 1. The highest BCUT2D eigenvalue weighted by molar-refractivity contribution is 5.97. The van der Waals surface area contributed by atoms with E-state index in [9.17, 15) is 4.79 Å². The summed E-state index contributed by atoms with van der Waals surface area (Å²) in [6, 6.07) is 1.87. The molecule has 4 nitrogen and oxygen atoms in total. The van der Waals surface area contributed by atoms with Crippen molar-refractivity contribution >= 4 is 11.7 Å². The van der Waals surface area contributed by atoms with Crippen molar-refractivity contribution in [3.63, 3.8) is 0 Å². The van der Waals surface area contributed by atoms with Crippen LogP contribution < -0.4 is 11.1 Å². The zero-order chi connectivity index (χ0) is 10.8. The van der Waals surface area contributed by atoms with Crippen LogP contribution in [0.15, 0.2) is 12.3 Å². The number of nitrogens with zero attached hydrogens (tertiary/aromatic N) is 1. The van der Waals surface area contributed by atoms with Gasteiger partial charge in [-0.05, 0) is 30.4 Å². The summed E-state index contributed by atoms with van der Waals surface area (Å²) < 4.78 is 0. The van der Waals surface area contributed by atoms with Crippen LogP contribution in [0.25, 0.3) is 0 Å². The molecule has 1 aromatic heterocycles. The molecule has 1 amide bonds. The second-order valence-corrected chi connectivity index (χ2v) is 3.91. The van der Waals surface area contributed by atoms with Gasteiger partial charge >= 0.3 is 0 Å². The van der Waals surface area contributed by atoms with Crippen molar-refractivity contribution in [2.75, 3.05) is 12.4 Å². The first-order valence-corrected chi connectivity index (χ1v) is 5.20. The molecule has 1 aliphatic rings. The molecule has 2 rings (SSSR count). The van der Waals surface area contributed by atoms with Gasteiger partial charge in [0.2, 0.25) is 0 Å². The van der Waals surface area contributed by atoms with Gasteiger partial charge in [-0.25, -0.2) is 4.98 Å². The number of hydrogen-bond acceptors (Lipinski definition) is 3. The van der Waals surface area contributed by atoms with Crippen molar-refractivity contribution < 1.29 is 4.79 Å². The fourth-order valence-electron chi connectivity index (χ4n) is 1.83. The highest BCUT2D eigenvalue weighted by Crippen LogP contribution is 2.36. The topological polar surface area (TPSA) is 68.0 Å². The number of rotatable bonds is 3. The van der Waals surface area contributed by atoms with Crippen molar-refractivity contribution in [2.24, 2.45) is 5.73 Å². The number of anilines is 1. The minimum Gasteiger partial charge on any atom is -0.372 e. The number of nitrogens with one attached hydrogen (secondary N) is 1. The molecule has 0 aromatic carbocycles. The van der Waals surface area contributed by atoms with Crippen LogP contribution >= 0.6 is 0 Å². The maximum Gasteiger partial charge on any atom is 0.252 e. The third-order valence-corrected chi connectivity index (χ3v) is 2.99. The Balaban J connectivity index is 2.35. The first-order chi connectivity index (χ1) is 7.22. The van der Waals surface area contributed by atoms with Crippen molar-refractivity contribution in [1.29, 1.82) is 0 Å². The van der Waals surface area contributed by atoms with E-state index < -0.39 is 5.91 Å². The predicted molar refractivity (Wildman–Crippen MR) is 58.9 cm³/mol. The molecule has 15 heavy (non-hydrogen) atoms. The van der Waals surface area contributed by atoms with Crippen LogP contribution in [0.3, 0.4) is 0 Å². The molecule has 3 N–H and O–H groups in total. The summed E-state index contributed by atoms with van der Waals surface area (Å²) in [5, 5.41) is 2.87. The fourth-order valence-corrected chi connectivity index (χ4v) is 1.83. The first kappa shape index (κ1) is 9.96. The Kier molecular flexibility index (Phi) is 2.58. The summed E-state index contributed by atoms with van der Waals surface area (Å²) in [5.74, 6) is 0.708. The highest BCUT2D eigenvalue weighted by Gasteiger charge is 2.21. The van der Waals surface area contributed by atoms with Crippen LogP contribution in [0.5, 0.6) is 0 Å². The van der Waals surface area contributed by atoms with Gasteiger partial charge in [0.25, 0.3) is 5.91 Å². The average molecular weight is 205 g/mol. The van der Waals surface area contributed by atoms with Crippen molar-refractivity contribution in [3.05, 3.63) is 23.4 Å². The van der Waals surface area contributed by atoms with E-state index in [1.807, 2.05) is 12.3 Å². The molecule has 1 saturated carbocycles. The molecule has 1 fully saturated rings. The molecule has 1 aromatic rings. The van der Waals surface area contributed by atoms with Crippen molar-refractivity contribution in [1.82, 2.24) is 4.98 Å². The summed E-state index contributed by atoms with van der Waals surface area (Å²) in [6.07, 6.45) is 5.49. The number of nitrogens with two attached hydrogens (primary N) is 1. The molecule has 0 bridgehead atoms. The van der Waals surface area contributed by atoms with Gasteiger partial charge in [0.1, 0.15) is 5.82 Å². The minimum absolute atomic E-state index is 0.423. The molecule has 1 aliphatic carbocycles. The Labute approximate surface area is 88.9 Å². The van der Waals surface area contributed by atoms with E-state index >= 15 is 0 Å². The monoisotopic (exact) mass is 205 g/mol. The summed E-state index contributed by atoms with van der Waals surface area (Å²) in [4.78, 5) is 15.4. The van der Waals surface area contributed by atoms with Crippen LogP contribution in [-0.4, -0.2) is 17.9 Å². The molecule has 0 saturated heterocycles. The zero-order valence-corrected chi connectivity index (χ0v) is 8.79. The Morgan fingerprint density at radius 1 is 1.60 bits per heavy atom. The molecular formula is C11H15N3O. The number of amides is 1. The van der Waals surface area contributed by atoms with Gasteiger partial charge in [0.15, 0.2) is 0 Å². The predicted octanol–water partition coefficient (Wildman–Crippen LogP) is 1.49. The van der Waals surface area contributed by atoms with Crippen molar-refractivity contribution in [2.45, 2.75) is 25.2 Å². The van der Waals surface area contributed by atoms with Crippen LogP contribution in [0, 0.1) is 0 Å². The molecule has 0 atom stereocenters. The third-order valence-electron chi connectivity index (χ3n) is 2.99. The van der Waals surface area contributed by atoms with Gasteiger partial charge < -0.3 is 11.1 Å². The maximum atomic E-state index is 11.2. The van der Waals surface area contributed by atoms with E-state index in [1.165, 1.54) is 19.3 Å². The van der Waals surface area contributed by atoms with E-state index in [1.54, 1.807) is 7.05 Å². The van der Waals surface area contributed by atoms with E-state index in [2.05, 4.69) is 10.3 Å². The Morgan fingerprint density at radius 3 is 2.80 bits per heavy atom. The van der Waals surface area contributed by atoms with E-state index in [4.69, 9.17) is 5.73 Å². The zero-order valence-electron chi connectivity index (χ0n) is 8.79. The van der Waals surface area contributed by atoms with Gasteiger partial charge in [-0.15, -0.1) is 0 Å². The first-order valence-electron chi connectivity index (χ1n) is 5.20. The van der Waals surface area contributed by atoms with E-state index in [-0.39, 0.29) is 0 Å². The molecule has 80 valence electrons. The van der Waals surface area contributed by atoms with Gasteiger partial charge in [-0.2, -0.15) is 0 Å². The Morgan fingerprint density at radius 2 is 2.33 bits per heavy atom. The largest absolute Gasteiger partial charge is 0.372 e. The lowest BCUT2D eigenvalue weighted by atomic mass is 9.80. The molecule has 4 heteroatoms. The lowest BCUT2D eigenvalue weighted by molar-refractivity contribution is 0.100. The van der Waals surface area contributed by atoms with Crippen LogP contribution in [0.2, 0.25) is 0 Å². The van der Waals surface area contributed by atoms with E-state index in [0.717, 1.165) is 5.56 Å². The second kappa shape index (κ2) is 3.88. The van der Waals surface area contributed by atoms with Gasteiger partial charge in [-0.1, -0.05) is 6.42 Å². The summed E-state index contributed by atoms with van der Waals surface area (Å²) >= 11 is 0. The molecule has 0 spiro atoms. The van der Waals surface area contributed by atoms with E-state index in [0.29, 0.717) is 17.3 Å². The lowest BCUT2D eigenvalue weighted by Gasteiger charge is -2.25. The molecular weight excluding hydrogens is 190 g/mol. The molecule has 0 aliphatic heterocycles. The smallest absolute Gasteiger partial charge is 0.252 e. The standard InChI is InChI=1S/C11H15N3O/c1-13-11-9(10(12)15)5-8(6-14-11)7-3-2-4-7/h5-7H,2-4H2,1H3,(H2,12,15)(H,13,14). The van der Waals surface area contributed by atoms with Crippen LogP contribution in [-0.2, 0) is 0 Å². The van der Waals surface area contributed by atoms with Crippen molar-refractivity contribution in [3.8, 4) is 0 Å². The number of hydrogen-bond donors (Lipinski definition) is 2. The van der Waals surface area contributed by atoms with Gasteiger partial charge in [0, 0.05) is 13.2 Å². The molecule has 1 heterocycles. The number of primary amides is 1. The number of carbonyl (C=O) groups excluding carboxylic acids is 1. The highest BCUT2D eigenvalue weighted by atomic mass is 16.1. The van der Waals surface area contributed by atoms with Gasteiger partial charge in [0.05, 0.1) is 5.56 Å². The average Bonchev–Trinajstić information content (AvgIpc) is 2.15. The lowest BCUT2D eigenvalue weighted by Crippen LogP contribution is -2.17. The maximum absolute atomic E-state index is 11.2. The Bertz CT molecular complexity index is 385. The quantitative estimate of drug-likeness (QED) is 0.785. The normalized spacial score (nSPS) is 15.8. The van der Waals surface area contributed by atoms with Crippen LogP contribution in [0.1, 0.15) is 41.1 Å².